The summed E-state index contributed by atoms with van der Waals surface area (Å²) in [5.41, 5.74) is 1.28. The highest BCUT2D eigenvalue weighted by Gasteiger charge is 2.20. The minimum atomic E-state index is -0.0863. The molecule has 2 N–H and O–H groups in total. The van der Waals surface area contributed by atoms with E-state index < -0.39 is 0 Å². The maximum absolute atomic E-state index is 9.68. The van der Waals surface area contributed by atoms with E-state index in [-0.39, 0.29) is 6.10 Å². The molecule has 1 aromatic carbocycles. The summed E-state index contributed by atoms with van der Waals surface area (Å²) in [4.78, 5) is 0. The summed E-state index contributed by atoms with van der Waals surface area (Å²) in [6, 6.07) is 8.54. The molecule has 0 radical (unpaired) electrons. The van der Waals surface area contributed by atoms with Crippen molar-refractivity contribution in [2.24, 2.45) is 5.92 Å². The predicted molar refractivity (Wildman–Crippen MR) is 77.4 cm³/mol. The third-order valence-electron chi connectivity index (χ3n) is 4.08. The van der Waals surface area contributed by atoms with Crippen LogP contribution >= 0.6 is 0 Å². The molecule has 3 nitrogen and oxygen atoms in total. The summed E-state index contributed by atoms with van der Waals surface area (Å²) in [5, 5.41) is 13.3. The van der Waals surface area contributed by atoms with Gasteiger partial charge in [0, 0.05) is 6.04 Å². The van der Waals surface area contributed by atoms with E-state index in [1.54, 1.807) is 7.11 Å². The molecule has 0 saturated heterocycles. The molecule has 0 aromatic heterocycles. The van der Waals surface area contributed by atoms with E-state index in [2.05, 4.69) is 24.4 Å². The molecule has 0 heterocycles. The highest BCUT2D eigenvalue weighted by Crippen LogP contribution is 2.24. The molecular formula is C16H25NO2. The first-order valence-electron chi connectivity index (χ1n) is 7.24. The average Bonchev–Trinajstić information content (AvgIpc) is 2.45. The van der Waals surface area contributed by atoms with Crippen molar-refractivity contribution in [3.05, 3.63) is 29.8 Å². The highest BCUT2D eigenvalue weighted by molar-refractivity contribution is 5.28. The number of hydrogen-bond acceptors (Lipinski definition) is 3. The van der Waals surface area contributed by atoms with Crippen LogP contribution in [0.2, 0.25) is 0 Å². The molecule has 19 heavy (non-hydrogen) atoms. The fourth-order valence-electron chi connectivity index (χ4n) is 2.80. The van der Waals surface area contributed by atoms with Crippen molar-refractivity contribution in [1.29, 1.82) is 0 Å². The Hall–Kier alpha value is -1.06. The van der Waals surface area contributed by atoms with Gasteiger partial charge in [-0.1, -0.05) is 18.6 Å². The Balaban J connectivity index is 1.81. The van der Waals surface area contributed by atoms with Gasteiger partial charge in [-0.2, -0.15) is 0 Å². The first kappa shape index (κ1) is 14.4. The lowest BCUT2D eigenvalue weighted by molar-refractivity contribution is 0.0998. The molecular weight excluding hydrogens is 238 g/mol. The molecule has 1 aliphatic rings. The third kappa shape index (κ3) is 4.22. The Labute approximate surface area is 116 Å². The molecule has 3 heteroatoms. The molecule has 0 spiro atoms. The molecule has 106 valence electrons. The topological polar surface area (TPSA) is 41.5 Å². The molecule has 2 rings (SSSR count). The van der Waals surface area contributed by atoms with Crippen LogP contribution in [0.4, 0.5) is 0 Å². The van der Waals surface area contributed by atoms with E-state index in [0.29, 0.717) is 12.0 Å². The normalized spacial score (nSPS) is 25.0. The quantitative estimate of drug-likeness (QED) is 0.858. The molecule has 0 bridgehead atoms. The molecule has 0 aliphatic heterocycles. The number of benzene rings is 1. The molecule has 1 aromatic rings. The van der Waals surface area contributed by atoms with Gasteiger partial charge in [0.05, 0.1) is 13.2 Å². The van der Waals surface area contributed by atoms with Gasteiger partial charge in [-0.05, 0) is 56.3 Å². The minimum Gasteiger partial charge on any atom is -0.497 e. The summed E-state index contributed by atoms with van der Waals surface area (Å²) in [5.74, 6) is 1.51. The molecule has 3 unspecified atom stereocenters. The number of aliphatic hydroxyl groups is 1. The van der Waals surface area contributed by atoms with Crippen LogP contribution in [0.1, 0.15) is 44.2 Å². The maximum atomic E-state index is 9.68. The first-order valence-corrected chi connectivity index (χ1v) is 7.24. The largest absolute Gasteiger partial charge is 0.497 e. The van der Waals surface area contributed by atoms with Gasteiger partial charge in [-0.15, -0.1) is 0 Å². The SMILES string of the molecule is COc1ccc(C(C)NCC2CCCC(O)C2)cc1. The van der Waals surface area contributed by atoms with E-state index in [4.69, 9.17) is 4.74 Å². The summed E-state index contributed by atoms with van der Waals surface area (Å²) in [6.45, 7) is 3.17. The van der Waals surface area contributed by atoms with Crippen molar-refractivity contribution >= 4 is 0 Å². The third-order valence-corrected chi connectivity index (χ3v) is 4.08. The Bertz CT molecular complexity index is 377. The number of hydrogen-bond donors (Lipinski definition) is 2. The maximum Gasteiger partial charge on any atom is 0.118 e. The smallest absolute Gasteiger partial charge is 0.118 e. The van der Waals surface area contributed by atoms with Gasteiger partial charge in [0.15, 0.2) is 0 Å². The van der Waals surface area contributed by atoms with E-state index in [0.717, 1.165) is 31.6 Å². The second kappa shape index (κ2) is 6.92. The van der Waals surface area contributed by atoms with Gasteiger partial charge >= 0.3 is 0 Å². The van der Waals surface area contributed by atoms with Crippen LogP contribution in [0.15, 0.2) is 24.3 Å². The summed E-state index contributed by atoms with van der Waals surface area (Å²) >= 11 is 0. The fraction of sp³-hybridized carbons (Fsp3) is 0.625. The summed E-state index contributed by atoms with van der Waals surface area (Å²) < 4.78 is 5.17. The fourth-order valence-corrected chi connectivity index (χ4v) is 2.80. The highest BCUT2D eigenvalue weighted by atomic mass is 16.5. The Morgan fingerprint density at radius 3 is 2.68 bits per heavy atom. The van der Waals surface area contributed by atoms with Crippen LogP contribution in [-0.2, 0) is 0 Å². The van der Waals surface area contributed by atoms with Crippen molar-refractivity contribution < 1.29 is 9.84 Å². The van der Waals surface area contributed by atoms with Gasteiger partial charge in [-0.25, -0.2) is 0 Å². The van der Waals surface area contributed by atoms with Crippen LogP contribution < -0.4 is 10.1 Å². The second-order valence-electron chi connectivity index (χ2n) is 5.59. The molecule has 3 atom stereocenters. The van der Waals surface area contributed by atoms with Crippen LogP contribution in [0.5, 0.6) is 5.75 Å². The van der Waals surface area contributed by atoms with Crippen LogP contribution in [0.25, 0.3) is 0 Å². The van der Waals surface area contributed by atoms with Crippen molar-refractivity contribution in [1.82, 2.24) is 5.32 Å². The van der Waals surface area contributed by atoms with E-state index in [1.807, 2.05) is 12.1 Å². The first-order chi connectivity index (χ1) is 9.19. The minimum absolute atomic E-state index is 0.0863. The van der Waals surface area contributed by atoms with Crippen LogP contribution in [0, 0.1) is 5.92 Å². The zero-order valence-corrected chi connectivity index (χ0v) is 11.9. The number of methoxy groups -OCH3 is 1. The average molecular weight is 263 g/mol. The lowest BCUT2D eigenvalue weighted by atomic mass is 9.87. The Morgan fingerprint density at radius 1 is 1.32 bits per heavy atom. The summed E-state index contributed by atoms with van der Waals surface area (Å²) in [6.07, 6.45) is 4.23. The van der Waals surface area contributed by atoms with Crippen LogP contribution in [-0.4, -0.2) is 24.9 Å². The van der Waals surface area contributed by atoms with E-state index in [9.17, 15) is 5.11 Å². The molecule has 0 amide bonds. The van der Waals surface area contributed by atoms with Gasteiger partial charge < -0.3 is 15.2 Å². The van der Waals surface area contributed by atoms with Crippen molar-refractivity contribution in [2.75, 3.05) is 13.7 Å². The lowest BCUT2D eigenvalue weighted by Crippen LogP contribution is -2.30. The zero-order valence-electron chi connectivity index (χ0n) is 11.9. The van der Waals surface area contributed by atoms with Gasteiger partial charge in [-0.3, -0.25) is 0 Å². The number of aliphatic hydroxyl groups excluding tert-OH is 1. The predicted octanol–water partition coefficient (Wildman–Crippen LogP) is 2.90. The monoisotopic (exact) mass is 263 g/mol. The lowest BCUT2D eigenvalue weighted by Gasteiger charge is -2.27. The zero-order chi connectivity index (χ0) is 13.7. The number of nitrogens with one attached hydrogen (secondary N) is 1. The molecule has 1 aliphatic carbocycles. The number of ether oxygens (including phenoxy) is 1. The number of rotatable bonds is 5. The van der Waals surface area contributed by atoms with E-state index in [1.165, 1.54) is 12.0 Å². The van der Waals surface area contributed by atoms with Crippen LogP contribution in [0.3, 0.4) is 0 Å². The van der Waals surface area contributed by atoms with Gasteiger partial charge in [0.2, 0.25) is 0 Å². The van der Waals surface area contributed by atoms with Gasteiger partial charge in [0.1, 0.15) is 5.75 Å². The van der Waals surface area contributed by atoms with Crippen molar-refractivity contribution in [3.63, 3.8) is 0 Å². The van der Waals surface area contributed by atoms with Crippen molar-refractivity contribution in [3.8, 4) is 5.75 Å². The van der Waals surface area contributed by atoms with Gasteiger partial charge in [0.25, 0.3) is 0 Å². The standard InChI is InChI=1S/C16H25NO2/c1-12(14-6-8-16(19-2)9-7-14)17-11-13-4-3-5-15(18)10-13/h6-9,12-13,15,17-18H,3-5,10-11H2,1-2H3. The molecule has 1 fully saturated rings. The summed E-state index contributed by atoms with van der Waals surface area (Å²) in [7, 11) is 1.69. The van der Waals surface area contributed by atoms with Crippen molar-refractivity contribution in [2.45, 2.75) is 44.8 Å². The van der Waals surface area contributed by atoms with E-state index >= 15 is 0 Å². The Kier molecular flexibility index (Phi) is 5.23. The second-order valence-corrected chi connectivity index (χ2v) is 5.59. The Morgan fingerprint density at radius 2 is 2.05 bits per heavy atom. The molecule has 1 saturated carbocycles.